The number of likely N-dealkylation sites (tertiary alicyclic amines) is 1. The molecular formula is C15H16N2O3. The first-order valence-electron chi connectivity index (χ1n) is 6.72. The lowest BCUT2D eigenvalue weighted by Gasteiger charge is -2.32. The fraction of sp³-hybridized carbons (Fsp3) is 0.333. The molecule has 1 amide bonds. The Morgan fingerprint density at radius 1 is 1.35 bits per heavy atom. The number of rotatable bonds is 3. The molecule has 0 spiro atoms. The SMILES string of the molecule is O=C(c1ccco1)N1CCCC(Oc2ccncc2)C1. The van der Waals surface area contributed by atoms with Crippen LogP contribution in [-0.4, -0.2) is 35.0 Å². The highest BCUT2D eigenvalue weighted by atomic mass is 16.5. The molecule has 1 aliphatic heterocycles. The maximum atomic E-state index is 12.2. The minimum absolute atomic E-state index is 0.0186. The van der Waals surface area contributed by atoms with Gasteiger partial charge in [-0.25, -0.2) is 0 Å². The average Bonchev–Trinajstić information content (AvgIpc) is 3.02. The Morgan fingerprint density at radius 3 is 2.95 bits per heavy atom. The van der Waals surface area contributed by atoms with Gasteiger partial charge >= 0.3 is 0 Å². The van der Waals surface area contributed by atoms with Crippen molar-refractivity contribution in [1.29, 1.82) is 0 Å². The maximum absolute atomic E-state index is 12.2. The van der Waals surface area contributed by atoms with Crippen LogP contribution in [0.5, 0.6) is 5.75 Å². The Hall–Kier alpha value is -2.30. The van der Waals surface area contributed by atoms with Gasteiger partial charge < -0.3 is 14.1 Å². The number of amides is 1. The molecule has 0 bridgehead atoms. The number of aromatic nitrogens is 1. The van der Waals surface area contributed by atoms with E-state index >= 15 is 0 Å². The lowest BCUT2D eigenvalue weighted by atomic mass is 10.1. The van der Waals surface area contributed by atoms with E-state index < -0.39 is 0 Å². The number of hydrogen-bond donors (Lipinski definition) is 0. The van der Waals surface area contributed by atoms with E-state index in [4.69, 9.17) is 9.15 Å². The van der Waals surface area contributed by atoms with E-state index in [0.29, 0.717) is 12.3 Å². The third-order valence-corrected chi connectivity index (χ3v) is 3.35. The van der Waals surface area contributed by atoms with Crippen LogP contribution in [0.1, 0.15) is 23.4 Å². The summed E-state index contributed by atoms with van der Waals surface area (Å²) >= 11 is 0. The zero-order valence-electron chi connectivity index (χ0n) is 11.1. The molecule has 1 unspecified atom stereocenters. The molecule has 104 valence electrons. The summed E-state index contributed by atoms with van der Waals surface area (Å²) < 4.78 is 11.1. The number of ether oxygens (including phenoxy) is 1. The predicted molar refractivity (Wildman–Crippen MR) is 72.5 cm³/mol. The van der Waals surface area contributed by atoms with Crippen LogP contribution >= 0.6 is 0 Å². The Bertz CT molecular complexity index is 554. The number of furan rings is 1. The molecule has 0 N–H and O–H groups in total. The number of carbonyl (C=O) groups excluding carboxylic acids is 1. The molecule has 0 radical (unpaired) electrons. The van der Waals surface area contributed by atoms with Crippen LogP contribution in [0, 0.1) is 0 Å². The van der Waals surface area contributed by atoms with Crippen LogP contribution in [-0.2, 0) is 0 Å². The van der Waals surface area contributed by atoms with Gasteiger partial charge in [0.25, 0.3) is 5.91 Å². The van der Waals surface area contributed by atoms with Crippen molar-refractivity contribution < 1.29 is 13.9 Å². The van der Waals surface area contributed by atoms with Gasteiger partial charge in [-0.1, -0.05) is 0 Å². The topological polar surface area (TPSA) is 55.6 Å². The Morgan fingerprint density at radius 2 is 2.20 bits per heavy atom. The van der Waals surface area contributed by atoms with Gasteiger partial charge in [-0.3, -0.25) is 9.78 Å². The summed E-state index contributed by atoms with van der Waals surface area (Å²) in [7, 11) is 0. The van der Waals surface area contributed by atoms with E-state index in [1.807, 2.05) is 12.1 Å². The van der Waals surface area contributed by atoms with Gasteiger partial charge in [0, 0.05) is 18.9 Å². The molecule has 2 aromatic rings. The summed E-state index contributed by atoms with van der Waals surface area (Å²) in [6.45, 7) is 1.33. The molecule has 0 aromatic carbocycles. The summed E-state index contributed by atoms with van der Waals surface area (Å²) in [5.74, 6) is 1.10. The van der Waals surface area contributed by atoms with Gasteiger partial charge in [0.05, 0.1) is 12.8 Å². The number of nitrogens with zero attached hydrogens (tertiary/aromatic N) is 2. The summed E-state index contributed by atoms with van der Waals surface area (Å²) in [5.41, 5.74) is 0. The molecule has 20 heavy (non-hydrogen) atoms. The van der Waals surface area contributed by atoms with Crippen molar-refractivity contribution in [3.8, 4) is 5.75 Å². The summed E-state index contributed by atoms with van der Waals surface area (Å²) in [6, 6.07) is 7.07. The predicted octanol–water partition coefficient (Wildman–Crippen LogP) is 2.36. The first-order valence-corrected chi connectivity index (χ1v) is 6.72. The lowest BCUT2D eigenvalue weighted by Crippen LogP contribution is -2.44. The zero-order chi connectivity index (χ0) is 13.8. The molecule has 3 heterocycles. The highest BCUT2D eigenvalue weighted by Crippen LogP contribution is 2.19. The van der Waals surface area contributed by atoms with E-state index in [1.165, 1.54) is 6.26 Å². The third-order valence-electron chi connectivity index (χ3n) is 3.35. The van der Waals surface area contributed by atoms with Crippen molar-refractivity contribution in [3.63, 3.8) is 0 Å². The molecule has 1 aliphatic rings. The van der Waals surface area contributed by atoms with Crippen LogP contribution < -0.4 is 4.74 Å². The second-order valence-corrected chi connectivity index (χ2v) is 4.79. The molecule has 1 saturated heterocycles. The van der Waals surface area contributed by atoms with Gasteiger partial charge in [-0.15, -0.1) is 0 Å². The standard InChI is InChI=1S/C15H16N2O3/c18-15(14-4-2-10-19-14)17-9-1-3-13(11-17)20-12-5-7-16-8-6-12/h2,4-8,10,13H,1,3,9,11H2. The van der Waals surface area contributed by atoms with Crippen molar-refractivity contribution in [2.75, 3.05) is 13.1 Å². The minimum atomic E-state index is -0.0713. The second kappa shape index (κ2) is 5.77. The Balaban J connectivity index is 1.63. The van der Waals surface area contributed by atoms with Crippen molar-refractivity contribution in [1.82, 2.24) is 9.88 Å². The zero-order valence-corrected chi connectivity index (χ0v) is 11.1. The smallest absolute Gasteiger partial charge is 0.289 e. The van der Waals surface area contributed by atoms with E-state index in [0.717, 1.165) is 25.1 Å². The summed E-state index contributed by atoms with van der Waals surface area (Å²) in [4.78, 5) is 18.0. The van der Waals surface area contributed by atoms with E-state index in [-0.39, 0.29) is 12.0 Å². The van der Waals surface area contributed by atoms with Crippen molar-refractivity contribution in [2.45, 2.75) is 18.9 Å². The van der Waals surface area contributed by atoms with Crippen LogP contribution in [0.3, 0.4) is 0 Å². The van der Waals surface area contributed by atoms with E-state index in [2.05, 4.69) is 4.98 Å². The largest absolute Gasteiger partial charge is 0.488 e. The number of hydrogen-bond acceptors (Lipinski definition) is 4. The van der Waals surface area contributed by atoms with Crippen LogP contribution in [0.15, 0.2) is 47.3 Å². The first kappa shape index (κ1) is 12.7. The maximum Gasteiger partial charge on any atom is 0.289 e. The van der Waals surface area contributed by atoms with Crippen LogP contribution in [0.25, 0.3) is 0 Å². The highest BCUT2D eigenvalue weighted by molar-refractivity contribution is 5.91. The van der Waals surface area contributed by atoms with Crippen molar-refractivity contribution in [2.24, 2.45) is 0 Å². The third kappa shape index (κ3) is 2.82. The van der Waals surface area contributed by atoms with E-state index in [9.17, 15) is 4.79 Å². The monoisotopic (exact) mass is 272 g/mol. The average molecular weight is 272 g/mol. The molecular weight excluding hydrogens is 256 g/mol. The van der Waals surface area contributed by atoms with E-state index in [1.54, 1.807) is 29.4 Å². The second-order valence-electron chi connectivity index (χ2n) is 4.79. The van der Waals surface area contributed by atoms with Crippen molar-refractivity contribution in [3.05, 3.63) is 48.7 Å². The number of carbonyl (C=O) groups is 1. The fourth-order valence-corrected chi connectivity index (χ4v) is 2.38. The number of pyridine rings is 1. The van der Waals surface area contributed by atoms with Crippen molar-refractivity contribution >= 4 is 5.91 Å². The minimum Gasteiger partial charge on any atom is -0.488 e. The van der Waals surface area contributed by atoms with Crippen LogP contribution in [0.2, 0.25) is 0 Å². The highest BCUT2D eigenvalue weighted by Gasteiger charge is 2.26. The molecule has 0 aliphatic carbocycles. The summed E-state index contributed by atoms with van der Waals surface area (Å²) in [5, 5.41) is 0. The Labute approximate surface area is 117 Å². The van der Waals surface area contributed by atoms with Crippen LogP contribution in [0.4, 0.5) is 0 Å². The van der Waals surface area contributed by atoms with Gasteiger partial charge in [0.1, 0.15) is 11.9 Å². The van der Waals surface area contributed by atoms with Gasteiger partial charge in [0.2, 0.25) is 0 Å². The molecule has 5 heteroatoms. The first-order chi connectivity index (χ1) is 9.83. The van der Waals surface area contributed by atoms with Gasteiger partial charge in [-0.05, 0) is 37.1 Å². The lowest BCUT2D eigenvalue weighted by molar-refractivity contribution is 0.0510. The molecule has 5 nitrogen and oxygen atoms in total. The normalized spacial score (nSPS) is 18.8. The molecule has 2 aromatic heterocycles. The number of piperidine rings is 1. The van der Waals surface area contributed by atoms with Gasteiger partial charge in [-0.2, -0.15) is 0 Å². The summed E-state index contributed by atoms with van der Waals surface area (Å²) in [6.07, 6.45) is 6.81. The quantitative estimate of drug-likeness (QED) is 0.860. The van der Waals surface area contributed by atoms with Gasteiger partial charge in [0.15, 0.2) is 5.76 Å². The fourth-order valence-electron chi connectivity index (χ4n) is 2.38. The molecule has 3 rings (SSSR count). The molecule has 1 fully saturated rings. The molecule has 0 saturated carbocycles. The Kier molecular flexibility index (Phi) is 3.67. The molecule has 1 atom stereocenters.